The molecule has 10 heteroatoms. The van der Waals surface area contributed by atoms with Crippen LogP contribution in [-0.2, 0) is 11.2 Å². The fourth-order valence-corrected chi connectivity index (χ4v) is 2.16. The van der Waals surface area contributed by atoms with Gasteiger partial charge in [-0.25, -0.2) is 14.8 Å². The van der Waals surface area contributed by atoms with Crippen molar-refractivity contribution in [2.45, 2.75) is 12.6 Å². The molecule has 0 aliphatic heterocycles. The van der Waals surface area contributed by atoms with Crippen LogP contribution in [0.1, 0.15) is 4.88 Å². The second-order valence-electron chi connectivity index (χ2n) is 3.47. The third-order valence-electron chi connectivity index (χ3n) is 1.99. The molecule has 0 saturated carbocycles. The van der Waals surface area contributed by atoms with E-state index in [1.165, 1.54) is 6.33 Å². The molecule has 6 nitrogen and oxygen atoms in total. The summed E-state index contributed by atoms with van der Waals surface area (Å²) < 4.78 is 31.7. The van der Waals surface area contributed by atoms with Crippen LogP contribution in [-0.4, -0.2) is 38.9 Å². The summed E-state index contributed by atoms with van der Waals surface area (Å²) in [7, 11) is 0. The molecule has 0 spiro atoms. The minimum absolute atomic E-state index is 0.0459. The predicted molar refractivity (Wildman–Crippen MR) is 65.5 cm³/mol. The van der Waals surface area contributed by atoms with Gasteiger partial charge in [-0.15, -0.1) is 11.3 Å². The van der Waals surface area contributed by atoms with Crippen LogP contribution < -0.4 is 5.73 Å². The molecule has 0 aliphatic rings. The third-order valence-corrected chi connectivity index (χ3v) is 3.10. The van der Waals surface area contributed by atoms with Gasteiger partial charge < -0.3 is 15.9 Å². The standard InChI is InChI=1S/C8H9N3OS.C2HF3O2/c9-2-1-5-3-6-7(12)10-4-11-8(6)13-5;3-2(4,5)1(6)7/h3-4H,1-2,9H2,(H,10,11,12);(H,6,7). The van der Waals surface area contributed by atoms with Gasteiger partial charge in [0.25, 0.3) is 0 Å². The van der Waals surface area contributed by atoms with Crippen molar-refractivity contribution < 1.29 is 28.2 Å². The molecule has 2 aromatic rings. The van der Waals surface area contributed by atoms with Crippen molar-refractivity contribution in [1.29, 1.82) is 0 Å². The number of aromatic hydroxyl groups is 1. The van der Waals surface area contributed by atoms with Crippen LogP contribution in [0.2, 0.25) is 0 Å². The van der Waals surface area contributed by atoms with Gasteiger partial charge in [-0.1, -0.05) is 0 Å². The second-order valence-corrected chi connectivity index (χ2v) is 4.59. The maximum Gasteiger partial charge on any atom is 0.490 e. The van der Waals surface area contributed by atoms with Crippen molar-refractivity contribution in [3.8, 4) is 5.88 Å². The Morgan fingerprint density at radius 2 is 2.00 bits per heavy atom. The zero-order chi connectivity index (χ0) is 15.3. The Labute approximate surface area is 114 Å². The third kappa shape index (κ3) is 4.31. The van der Waals surface area contributed by atoms with Gasteiger partial charge in [0.05, 0.1) is 5.39 Å². The average molecular weight is 309 g/mol. The van der Waals surface area contributed by atoms with E-state index in [1.54, 1.807) is 11.3 Å². The van der Waals surface area contributed by atoms with Crippen LogP contribution in [0.5, 0.6) is 5.88 Å². The Morgan fingerprint density at radius 1 is 1.40 bits per heavy atom. The summed E-state index contributed by atoms with van der Waals surface area (Å²) >= 11 is 1.54. The summed E-state index contributed by atoms with van der Waals surface area (Å²) in [6.07, 6.45) is -2.90. The van der Waals surface area contributed by atoms with E-state index in [0.717, 1.165) is 21.5 Å². The zero-order valence-electron chi connectivity index (χ0n) is 9.89. The molecule has 0 atom stereocenters. The van der Waals surface area contributed by atoms with E-state index in [0.29, 0.717) is 6.54 Å². The lowest BCUT2D eigenvalue weighted by atomic mass is 10.3. The van der Waals surface area contributed by atoms with Crippen molar-refractivity contribution in [1.82, 2.24) is 9.97 Å². The first-order valence-electron chi connectivity index (χ1n) is 5.18. The maximum absolute atomic E-state index is 10.6. The molecule has 2 heterocycles. The van der Waals surface area contributed by atoms with Gasteiger partial charge in [-0.3, -0.25) is 0 Å². The number of hydrogen-bond donors (Lipinski definition) is 3. The first-order valence-corrected chi connectivity index (χ1v) is 6.00. The minimum Gasteiger partial charge on any atom is -0.493 e. The van der Waals surface area contributed by atoms with Crippen molar-refractivity contribution in [3.63, 3.8) is 0 Å². The monoisotopic (exact) mass is 309 g/mol. The Hall–Kier alpha value is -1.94. The van der Waals surface area contributed by atoms with Gasteiger partial charge in [0.2, 0.25) is 5.88 Å². The molecule has 2 rings (SSSR count). The van der Waals surface area contributed by atoms with Gasteiger partial charge in [0.15, 0.2) is 0 Å². The van der Waals surface area contributed by atoms with E-state index in [2.05, 4.69) is 9.97 Å². The molecule has 0 unspecified atom stereocenters. The number of rotatable bonds is 2. The van der Waals surface area contributed by atoms with Gasteiger partial charge in [-0.05, 0) is 19.0 Å². The molecule has 20 heavy (non-hydrogen) atoms. The van der Waals surface area contributed by atoms with Crippen LogP contribution in [0.15, 0.2) is 12.4 Å². The van der Waals surface area contributed by atoms with E-state index in [9.17, 15) is 18.3 Å². The van der Waals surface area contributed by atoms with E-state index in [4.69, 9.17) is 15.6 Å². The minimum atomic E-state index is -5.08. The molecule has 0 fully saturated rings. The van der Waals surface area contributed by atoms with Crippen molar-refractivity contribution in [2.24, 2.45) is 5.73 Å². The number of hydrogen-bond acceptors (Lipinski definition) is 6. The fraction of sp³-hybridized carbons (Fsp3) is 0.300. The highest BCUT2D eigenvalue weighted by atomic mass is 32.1. The molecule has 0 aliphatic carbocycles. The number of thiophene rings is 1. The number of alkyl halides is 3. The normalized spacial score (nSPS) is 11.0. The lowest BCUT2D eigenvalue weighted by Gasteiger charge is -1.93. The van der Waals surface area contributed by atoms with Gasteiger partial charge in [0.1, 0.15) is 11.2 Å². The average Bonchev–Trinajstić information content (AvgIpc) is 2.73. The number of fused-ring (bicyclic) bond motifs is 1. The maximum atomic E-state index is 10.6. The van der Waals surface area contributed by atoms with Crippen LogP contribution in [0.3, 0.4) is 0 Å². The highest BCUT2D eigenvalue weighted by Crippen LogP contribution is 2.28. The van der Waals surface area contributed by atoms with Crippen LogP contribution in [0.4, 0.5) is 13.2 Å². The number of nitrogens with zero attached hydrogens (tertiary/aromatic N) is 2. The molecule has 2 aromatic heterocycles. The van der Waals surface area contributed by atoms with Crippen LogP contribution >= 0.6 is 11.3 Å². The lowest BCUT2D eigenvalue weighted by molar-refractivity contribution is -0.192. The second kappa shape index (κ2) is 6.48. The number of aliphatic carboxylic acids is 1. The Balaban J connectivity index is 0.000000246. The van der Waals surface area contributed by atoms with E-state index in [1.807, 2.05) is 6.07 Å². The summed E-state index contributed by atoms with van der Waals surface area (Å²) in [5.74, 6) is -2.71. The fourth-order valence-electron chi connectivity index (χ4n) is 1.16. The first-order chi connectivity index (χ1) is 9.25. The topological polar surface area (TPSA) is 109 Å². The van der Waals surface area contributed by atoms with Crippen molar-refractivity contribution in [3.05, 3.63) is 17.3 Å². The molecule has 0 saturated heterocycles. The molecular formula is C10H10F3N3O3S. The summed E-state index contributed by atoms with van der Waals surface area (Å²) in [6.45, 7) is 0.612. The number of nitrogens with two attached hydrogens (primary N) is 1. The quantitative estimate of drug-likeness (QED) is 0.776. The molecule has 0 bridgehead atoms. The van der Waals surface area contributed by atoms with Crippen molar-refractivity contribution in [2.75, 3.05) is 6.54 Å². The lowest BCUT2D eigenvalue weighted by Crippen LogP contribution is -2.21. The Kier molecular flexibility index (Phi) is 5.22. The first kappa shape index (κ1) is 16.1. The summed E-state index contributed by atoms with van der Waals surface area (Å²) in [6, 6.07) is 1.89. The number of halogens is 3. The summed E-state index contributed by atoms with van der Waals surface area (Å²) in [5.41, 5.74) is 5.43. The highest BCUT2D eigenvalue weighted by molar-refractivity contribution is 7.18. The molecule has 4 N–H and O–H groups in total. The van der Waals surface area contributed by atoms with Gasteiger partial charge in [-0.2, -0.15) is 13.2 Å². The molecule has 0 aromatic carbocycles. The van der Waals surface area contributed by atoms with Gasteiger partial charge in [0, 0.05) is 4.88 Å². The summed E-state index contributed by atoms with van der Waals surface area (Å²) in [4.78, 5) is 18.6. The molecule has 0 amide bonds. The van der Waals surface area contributed by atoms with E-state index >= 15 is 0 Å². The Morgan fingerprint density at radius 3 is 2.45 bits per heavy atom. The molecule has 110 valence electrons. The SMILES string of the molecule is NCCc1cc2c(O)ncnc2s1.O=C(O)C(F)(F)F. The number of carboxylic acids is 1. The number of aromatic nitrogens is 2. The van der Waals surface area contributed by atoms with Crippen LogP contribution in [0, 0.1) is 0 Å². The predicted octanol–water partition coefficient (Wildman–Crippen LogP) is 1.53. The van der Waals surface area contributed by atoms with Gasteiger partial charge >= 0.3 is 12.1 Å². The number of carbonyl (C=O) groups is 1. The smallest absolute Gasteiger partial charge is 0.490 e. The number of carboxylic acid groups (broad SMARTS) is 1. The summed E-state index contributed by atoms with van der Waals surface area (Å²) in [5, 5.41) is 17.2. The zero-order valence-corrected chi connectivity index (χ0v) is 10.7. The van der Waals surface area contributed by atoms with Crippen LogP contribution in [0.25, 0.3) is 10.2 Å². The Bertz CT molecular complexity index is 600. The largest absolute Gasteiger partial charge is 0.493 e. The molecule has 0 radical (unpaired) electrons. The highest BCUT2D eigenvalue weighted by Gasteiger charge is 2.38. The van der Waals surface area contributed by atoms with Crippen molar-refractivity contribution >= 4 is 27.5 Å². The van der Waals surface area contributed by atoms with E-state index in [-0.39, 0.29) is 5.88 Å². The molecular weight excluding hydrogens is 299 g/mol. The van der Waals surface area contributed by atoms with E-state index < -0.39 is 12.1 Å².